The molecule has 0 saturated heterocycles. The molecule has 1 aromatic carbocycles. The van der Waals surface area contributed by atoms with Gasteiger partial charge in [-0.1, -0.05) is 37.6 Å². The van der Waals surface area contributed by atoms with Crippen LogP contribution in [0.2, 0.25) is 10.3 Å². The summed E-state index contributed by atoms with van der Waals surface area (Å²) >= 11 is 12.0. The summed E-state index contributed by atoms with van der Waals surface area (Å²) < 4.78 is 1.72. The predicted molar refractivity (Wildman–Crippen MR) is 114 cm³/mol. The van der Waals surface area contributed by atoms with E-state index in [0.29, 0.717) is 35.5 Å². The van der Waals surface area contributed by atoms with Crippen molar-refractivity contribution in [2.45, 2.75) is 32.9 Å². The van der Waals surface area contributed by atoms with Crippen molar-refractivity contribution in [2.24, 2.45) is 5.92 Å². The van der Waals surface area contributed by atoms with E-state index in [0.717, 1.165) is 5.56 Å². The van der Waals surface area contributed by atoms with Crippen molar-refractivity contribution in [1.29, 1.82) is 0 Å². The van der Waals surface area contributed by atoms with Crippen LogP contribution in [0.1, 0.15) is 25.8 Å². The zero-order valence-electron chi connectivity index (χ0n) is 16.1. The van der Waals surface area contributed by atoms with Crippen LogP contribution in [0.3, 0.4) is 0 Å². The van der Waals surface area contributed by atoms with Crippen LogP contribution < -0.4 is 10.6 Å². The Bertz CT molecular complexity index is 944. The summed E-state index contributed by atoms with van der Waals surface area (Å²) in [5.41, 5.74) is 0.971. The summed E-state index contributed by atoms with van der Waals surface area (Å²) in [4.78, 5) is 25.3. The van der Waals surface area contributed by atoms with Crippen LogP contribution in [-0.2, 0) is 11.3 Å². The number of carbonyl (C=O) groups excluding carboxylic acids is 1. The first-order valence-corrected chi connectivity index (χ1v) is 9.98. The molecule has 0 bridgehead atoms. The molecule has 9 heteroatoms. The second-order valence-corrected chi connectivity index (χ2v) is 7.80. The summed E-state index contributed by atoms with van der Waals surface area (Å²) in [5.74, 6) is 1.22. The first-order chi connectivity index (χ1) is 13.9. The van der Waals surface area contributed by atoms with Crippen molar-refractivity contribution in [2.75, 3.05) is 5.32 Å². The zero-order chi connectivity index (χ0) is 20.8. The topological polar surface area (TPSA) is 84.7 Å². The highest BCUT2D eigenvalue weighted by Crippen LogP contribution is 2.17. The number of hydrogen-bond donors (Lipinski definition) is 2. The van der Waals surface area contributed by atoms with Gasteiger partial charge in [-0.25, -0.2) is 9.97 Å². The molecule has 152 valence electrons. The van der Waals surface area contributed by atoms with Crippen LogP contribution in [-0.4, -0.2) is 31.5 Å². The van der Waals surface area contributed by atoms with Crippen molar-refractivity contribution in [3.8, 4) is 5.82 Å². The van der Waals surface area contributed by atoms with Crippen molar-refractivity contribution < 1.29 is 4.79 Å². The molecule has 3 rings (SSSR count). The Morgan fingerprint density at radius 2 is 1.93 bits per heavy atom. The lowest BCUT2D eigenvalue weighted by Gasteiger charge is -2.21. The monoisotopic (exact) mass is 432 g/mol. The molecule has 0 aliphatic heterocycles. The first-order valence-electron chi connectivity index (χ1n) is 9.22. The fourth-order valence-electron chi connectivity index (χ4n) is 2.80. The number of nitrogens with zero attached hydrogens (tertiary/aromatic N) is 4. The van der Waals surface area contributed by atoms with E-state index in [4.69, 9.17) is 23.2 Å². The Labute approximate surface area is 179 Å². The van der Waals surface area contributed by atoms with Crippen molar-refractivity contribution in [3.63, 3.8) is 0 Å². The van der Waals surface area contributed by atoms with Crippen LogP contribution in [0.25, 0.3) is 5.82 Å². The van der Waals surface area contributed by atoms with Crippen LogP contribution in [0.5, 0.6) is 0 Å². The molecule has 0 fully saturated rings. The van der Waals surface area contributed by atoms with Gasteiger partial charge in [0.15, 0.2) is 0 Å². The Kier molecular flexibility index (Phi) is 7.06. The molecule has 1 atom stereocenters. The van der Waals surface area contributed by atoms with Gasteiger partial charge in [-0.2, -0.15) is 4.98 Å². The van der Waals surface area contributed by atoms with Gasteiger partial charge < -0.3 is 10.6 Å². The highest BCUT2D eigenvalue weighted by atomic mass is 35.5. The molecule has 2 N–H and O–H groups in total. The number of amides is 1. The summed E-state index contributed by atoms with van der Waals surface area (Å²) in [7, 11) is 0. The van der Waals surface area contributed by atoms with Crippen LogP contribution in [0.4, 0.5) is 5.82 Å². The number of anilines is 1. The molecule has 3 aromatic rings. The Morgan fingerprint density at radius 3 is 2.59 bits per heavy atom. The van der Waals surface area contributed by atoms with E-state index in [-0.39, 0.29) is 11.2 Å². The number of aromatic nitrogens is 4. The van der Waals surface area contributed by atoms with E-state index in [1.54, 1.807) is 41.5 Å². The molecular weight excluding hydrogens is 411 g/mol. The molecule has 0 radical (unpaired) electrons. The fraction of sp³-hybridized carbons (Fsp3) is 0.300. The second kappa shape index (κ2) is 9.71. The normalized spacial score (nSPS) is 12.0. The van der Waals surface area contributed by atoms with Gasteiger partial charge in [0.25, 0.3) is 0 Å². The van der Waals surface area contributed by atoms with Crippen LogP contribution in [0, 0.1) is 5.92 Å². The lowest BCUT2D eigenvalue weighted by molar-refractivity contribution is -0.122. The van der Waals surface area contributed by atoms with Gasteiger partial charge in [-0.15, -0.1) is 0 Å². The number of hydrogen-bond acceptors (Lipinski definition) is 5. The maximum atomic E-state index is 12.8. The zero-order valence-corrected chi connectivity index (χ0v) is 17.7. The van der Waals surface area contributed by atoms with E-state index in [9.17, 15) is 4.79 Å². The van der Waals surface area contributed by atoms with Crippen molar-refractivity contribution in [3.05, 3.63) is 64.9 Å². The van der Waals surface area contributed by atoms with Gasteiger partial charge in [0, 0.05) is 30.0 Å². The predicted octanol–water partition coefficient (Wildman–Crippen LogP) is 4.11. The summed E-state index contributed by atoms with van der Waals surface area (Å²) in [6.07, 6.45) is 5.66. The summed E-state index contributed by atoms with van der Waals surface area (Å²) in [6, 6.07) is 8.63. The first kappa shape index (κ1) is 21.1. The number of rotatable bonds is 8. The smallest absolute Gasteiger partial charge is 0.242 e. The quantitative estimate of drug-likeness (QED) is 0.523. The molecule has 0 spiro atoms. The maximum Gasteiger partial charge on any atom is 0.242 e. The van der Waals surface area contributed by atoms with E-state index in [1.165, 1.54) is 0 Å². The molecule has 0 aliphatic rings. The minimum atomic E-state index is -0.469. The summed E-state index contributed by atoms with van der Waals surface area (Å²) in [6.45, 7) is 4.53. The number of halogens is 2. The van der Waals surface area contributed by atoms with E-state index >= 15 is 0 Å². The standard InChI is InChI=1S/C20H22Cl2N6O/c1-13(2)9-16(19(29)24-11-14-3-5-15(21)6-4-14)25-17-10-18(27-20(22)26-17)28-8-7-23-12-28/h3-8,10,12-13,16H,9,11H2,1-2H3,(H,24,29)(H,25,26,27). The molecule has 1 unspecified atom stereocenters. The average Bonchev–Trinajstić information content (AvgIpc) is 3.21. The Hall–Kier alpha value is -2.64. The Morgan fingerprint density at radius 1 is 1.17 bits per heavy atom. The molecule has 7 nitrogen and oxygen atoms in total. The van der Waals surface area contributed by atoms with Gasteiger partial charge in [-0.3, -0.25) is 9.36 Å². The highest BCUT2D eigenvalue weighted by molar-refractivity contribution is 6.30. The van der Waals surface area contributed by atoms with Crippen molar-refractivity contribution >= 4 is 34.9 Å². The third kappa shape index (κ3) is 6.17. The molecule has 2 heterocycles. The fourth-order valence-corrected chi connectivity index (χ4v) is 3.11. The van der Waals surface area contributed by atoms with Crippen molar-refractivity contribution in [1.82, 2.24) is 24.8 Å². The Balaban J connectivity index is 1.73. The maximum absolute atomic E-state index is 12.8. The molecule has 0 saturated carbocycles. The second-order valence-electron chi connectivity index (χ2n) is 7.02. The number of nitrogens with one attached hydrogen (secondary N) is 2. The number of carbonyl (C=O) groups is 1. The molecular formula is C20H22Cl2N6O. The largest absolute Gasteiger partial charge is 0.358 e. The van der Waals surface area contributed by atoms with Gasteiger partial charge in [0.1, 0.15) is 24.0 Å². The van der Waals surface area contributed by atoms with Gasteiger partial charge in [-0.05, 0) is 41.6 Å². The summed E-state index contributed by atoms with van der Waals surface area (Å²) in [5, 5.41) is 6.91. The lowest BCUT2D eigenvalue weighted by atomic mass is 10.0. The van der Waals surface area contributed by atoms with E-state index < -0.39 is 6.04 Å². The molecule has 2 aromatic heterocycles. The third-order valence-corrected chi connectivity index (χ3v) is 4.60. The van der Waals surface area contributed by atoms with Gasteiger partial charge in [0.05, 0.1) is 0 Å². The molecule has 29 heavy (non-hydrogen) atoms. The minimum absolute atomic E-state index is 0.0866. The molecule has 0 aliphatic carbocycles. The highest BCUT2D eigenvalue weighted by Gasteiger charge is 2.21. The number of benzene rings is 1. The number of imidazole rings is 1. The van der Waals surface area contributed by atoms with Gasteiger partial charge in [0.2, 0.25) is 11.2 Å². The van der Waals surface area contributed by atoms with E-state index in [1.807, 2.05) is 12.1 Å². The van der Waals surface area contributed by atoms with E-state index in [2.05, 4.69) is 39.4 Å². The molecule has 1 amide bonds. The SMILES string of the molecule is CC(C)CC(Nc1cc(-n2ccnc2)nc(Cl)n1)C(=O)NCc1ccc(Cl)cc1. The van der Waals surface area contributed by atoms with Gasteiger partial charge >= 0.3 is 0 Å². The third-order valence-electron chi connectivity index (χ3n) is 4.18. The van der Waals surface area contributed by atoms with Crippen LogP contribution >= 0.6 is 23.2 Å². The minimum Gasteiger partial charge on any atom is -0.358 e. The lowest BCUT2D eigenvalue weighted by Crippen LogP contribution is -2.40. The average molecular weight is 433 g/mol. The van der Waals surface area contributed by atoms with Crippen LogP contribution in [0.15, 0.2) is 49.1 Å².